The van der Waals surface area contributed by atoms with Gasteiger partial charge in [-0.15, -0.1) is 0 Å². The molecular formula is C19H16ClNO3S2. The zero-order valence-electron chi connectivity index (χ0n) is 14.0. The quantitative estimate of drug-likeness (QED) is 0.398. The summed E-state index contributed by atoms with van der Waals surface area (Å²) in [6.07, 6.45) is 1.75. The number of benzene rings is 2. The minimum atomic E-state index is -0.127. The number of para-hydroxylation sites is 1. The number of amides is 1. The van der Waals surface area contributed by atoms with Gasteiger partial charge >= 0.3 is 0 Å². The van der Waals surface area contributed by atoms with Crippen molar-refractivity contribution < 1.29 is 14.3 Å². The Hall–Kier alpha value is -2.02. The fraction of sp³-hybridized carbons (Fsp3) is 0.158. The molecule has 26 heavy (non-hydrogen) atoms. The number of likely N-dealkylation sites (N-methyl/N-ethyl adjacent to an activating group) is 1. The topological polar surface area (TPSA) is 38.8 Å². The van der Waals surface area contributed by atoms with Crippen molar-refractivity contribution in [3.63, 3.8) is 0 Å². The molecule has 0 saturated carbocycles. The van der Waals surface area contributed by atoms with Crippen LogP contribution in [0.5, 0.6) is 11.5 Å². The van der Waals surface area contributed by atoms with Gasteiger partial charge in [0.05, 0.1) is 4.91 Å². The molecule has 1 heterocycles. The minimum Gasteiger partial charge on any atom is -0.490 e. The molecule has 0 bridgehead atoms. The van der Waals surface area contributed by atoms with Gasteiger partial charge in [-0.2, -0.15) is 0 Å². The highest BCUT2D eigenvalue weighted by atomic mass is 35.5. The summed E-state index contributed by atoms with van der Waals surface area (Å²) in [5.74, 6) is 1.30. The Balaban J connectivity index is 1.68. The highest BCUT2D eigenvalue weighted by Gasteiger charge is 2.28. The van der Waals surface area contributed by atoms with Crippen molar-refractivity contribution in [3.05, 3.63) is 64.0 Å². The third kappa shape index (κ3) is 4.58. The lowest BCUT2D eigenvalue weighted by molar-refractivity contribution is -0.121. The SMILES string of the molecule is CN1C(=O)/C(=C\c2cc(Cl)ccc2OCCOc2ccccc2)SC1=S. The molecule has 134 valence electrons. The van der Waals surface area contributed by atoms with E-state index in [0.717, 1.165) is 11.3 Å². The number of thioether (sulfide) groups is 1. The van der Waals surface area contributed by atoms with E-state index in [1.165, 1.54) is 16.7 Å². The second kappa shape index (κ2) is 8.58. The zero-order valence-corrected chi connectivity index (χ0v) is 16.4. The predicted octanol–water partition coefficient (Wildman–Crippen LogP) is 4.63. The Labute approximate surface area is 166 Å². The lowest BCUT2D eigenvalue weighted by Crippen LogP contribution is -2.22. The molecule has 1 aliphatic heterocycles. The fourth-order valence-electron chi connectivity index (χ4n) is 2.28. The van der Waals surface area contributed by atoms with Crippen molar-refractivity contribution in [2.75, 3.05) is 20.3 Å². The minimum absolute atomic E-state index is 0.127. The molecule has 0 radical (unpaired) electrons. The molecule has 3 rings (SSSR count). The summed E-state index contributed by atoms with van der Waals surface area (Å²) < 4.78 is 12.0. The summed E-state index contributed by atoms with van der Waals surface area (Å²) in [4.78, 5) is 14.2. The van der Waals surface area contributed by atoms with Gasteiger partial charge in [0.1, 0.15) is 29.0 Å². The van der Waals surface area contributed by atoms with Crippen LogP contribution in [-0.4, -0.2) is 35.4 Å². The van der Waals surface area contributed by atoms with E-state index in [1.807, 2.05) is 30.3 Å². The van der Waals surface area contributed by atoms with Crippen LogP contribution in [-0.2, 0) is 4.79 Å². The van der Waals surface area contributed by atoms with Gasteiger partial charge in [0.25, 0.3) is 5.91 Å². The lowest BCUT2D eigenvalue weighted by atomic mass is 10.2. The fourth-order valence-corrected chi connectivity index (χ4v) is 3.63. The van der Waals surface area contributed by atoms with Crippen molar-refractivity contribution in [3.8, 4) is 11.5 Å². The van der Waals surface area contributed by atoms with E-state index in [2.05, 4.69) is 0 Å². The Morgan fingerprint density at radius 3 is 2.58 bits per heavy atom. The van der Waals surface area contributed by atoms with Gasteiger partial charge in [-0.05, 0) is 36.4 Å². The van der Waals surface area contributed by atoms with E-state index in [-0.39, 0.29) is 5.91 Å². The largest absolute Gasteiger partial charge is 0.490 e. The summed E-state index contributed by atoms with van der Waals surface area (Å²) >= 11 is 12.5. The first-order valence-electron chi connectivity index (χ1n) is 7.86. The van der Waals surface area contributed by atoms with Crippen molar-refractivity contribution in [2.45, 2.75) is 0 Å². The average Bonchev–Trinajstić information content (AvgIpc) is 2.88. The Bertz CT molecular complexity index is 855. The Morgan fingerprint density at radius 1 is 1.15 bits per heavy atom. The summed E-state index contributed by atoms with van der Waals surface area (Å²) in [6.45, 7) is 0.773. The first-order chi connectivity index (χ1) is 12.5. The van der Waals surface area contributed by atoms with Gasteiger partial charge in [0.2, 0.25) is 0 Å². The standard InChI is InChI=1S/C19H16ClNO3S2/c1-21-18(22)17(26-19(21)25)12-13-11-14(20)7-8-16(13)24-10-9-23-15-5-3-2-4-6-15/h2-8,11-12H,9-10H2,1H3/b17-12+. The molecule has 1 aliphatic rings. The van der Waals surface area contributed by atoms with Gasteiger partial charge in [0, 0.05) is 17.6 Å². The number of hydrogen-bond acceptors (Lipinski definition) is 5. The molecular weight excluding hydrogens is 390 g/mol. The van der Waals surface area contributed by atoms with Crippen LogP contribution in [0.25, 0.3) is 6.08 Å². The van der Waals surface area contributed by atoms with Crippen molar-refractivity contribution in [1.29, 1.82) is 0 Å². The van der Waals surface area contributed by atoms with Crippen LogP contribution in [0.4, 0.5) is 0 Å². The van der Waals surface area contributed by atoms with Crippen molar-refractivity contribution in [2.24, 2.45) is 0 Å². The van der Waals surface area contributed by atoms with Crippen LogP contribution in [0.2, 0.25) is 5.02 Å². The first kappa shape index (κ1) is 18.8. The van der Waals surface area contributed by atoms with Gasteiger partial charge in [-0.3, -0.25) is 9.69 Å². The molecule has 0 aromatic heterocycles. The maximum absolute atomic E-state index is 12.2. The number of rotatable bonds is 6. The van der Waals surface area contributed by atoms with Gasteiger partial charge < -0.3 is 9.47 Å². The molecule has 7 heteroatoms. The third-order valence-corrected chi connectivity index (χ3v) is 5.32. The summed E-state index contributed by atoms with van der Waals surface area (Å²) in [5.41, 5.74) is 0.728. The first-order valence-corrected chi connectivity index (χ1v) is 9.46. The van der Waals surface area contributed by atoms with Gasteiger partial charge in [0.15, 0.2) is 0 Å². The normalized spacial score (nSPS) is 15.6. The highest BCUT2D eigenvalue weighted by molar-refractivity contribution is 8.26. The number of carbonyl (C=O) groups is 1. The zero-order chi connectivity index (χ0) is 18.5. The molecule has 0 N–H and O–H groups in total. The number of halogens is 1. The average molecular weight is 406 g/mol. The number of ether oxygens (including phenoxy) is 2. The Kier molecular flexibility index (Phi) is 6.19. The molecule has 1 amide bonds. The number of thiocarbonyl (C=S) groups is 1. The number of carbonyl (C=O) groups excluding carboxylic acids is 1. The van der Waals surface area contributed by atoms with Crippen LogP contribution in [0, 0.1) is 0 Å². The van der Waals surface area contributed by atoms with E-state index in [9.17, 15) is 4.79 Å². The van der Waals surface area contributed by atoms with Crippen LogP contribution in [0.15, 0.2) is 53.4 Å². The maximum atomic E-state index is 12.2. The molecule has 2 aromatic carbocycles. The molecule has 0 spiro atoms. The predicted molar refractivity (Wildman–Crippen MR) is 110 cm³/mol. The smallest absolute Gasteiger partial charge is 0.265 e. The van der Waals surface area contributed by atoms with Gasteiger partial charge in [-0.1, -0.05) is 53.8 Å². The van der Waals surface area contributed by atoms with Crippen LogP contribution in [0.1, 0.15) is 5.56 Å². The van der Waals surface area contributed by atoms with Crippen molar-refractivity contribution >= 4 is 51.9 Å². The second-order valence-corrected chi connectivity index (χ2v) is 7.55. The van der Waals surface area contributed by atoms with Crippen LogP contribution in [0.3, 0.4) is 0 Å². The molecule has 0 atom stereocenters. The summed E-state index contributed by atoms with van der Waals surface area (Å²) in [5, 5.41) is 0.566. The van der Waals surface area contributed by atoms with E-state index in [1.54, 1.807) is 31.3 Å². The molecule has 1 fully saturated rings. The molecule has 2 aromatic rings. The number of hydrogen-bond donors (Lipinski definition) is 0. The van der Waals surface area contributed by atoms with E-state index in [0.29, 0.717) is 33.2 Å². The second-order valence-electron chi connectivity index (χ2n) is 5.43. The van der Waals surface area contributed by atoms with Crippen LogP contribution >= 0.6 is 35.6 Å². The number of nitrogens with zero attached hydrogens (tertiary/aromatic N) is 1. The Morgan fingerprint density at radius 2 is 1.88 bits per heavy atom. The van der Waals surface area contributed by atoms with E-state index >= 15 is 0 Å². The van der Waals surface area contributed by atoms with Crippen LogP contribution < -0.4 is 9.47 Å². The van der Waals surface area contributed by atoms with E-state index < -0.39 is 0 Å². The third-order valence-electron chi connectivity index (χ3n) is 3.60. The summed E-state index contributed by atoms with van der Waals surface area (Å²) in [7, 11) is 1.66. The molecule has 0 unspecified atom stereocenters. The van der Waals surface area contributed by atoms with Crippen molar-refractivity contribution in [1.82, 2.24) is 4.90 Å². The molecule has 0 aliphatic carbocycles. The highest BCUT2D eigenvalue weighted by Crippen LogP contribution is 2.34. The monoisotopic (exact) mass is 405 g/mol. The molecule has 4 nitrogen and oxygen atoms in total. The lowest BCUT2D eigenvalue weighted by Gasteiger charge is -2.11. The van der Waals surface area contributed by atoms with Gasteiger partial charge in [-0.25, -0.2) is 0 Å². The maximum Gasteiger partial charge on any atom is 0.265 e. The summed E-state index contributed by atoms with van der Waals surface area (Å²) in [6, 6.07) is 14.8. The van der Waals surface area contributed by atoms with E-state index in [4.69, 9.17) is 33.3 Å². The molecule has 1 saturated heterocycles.